The Morgan fingerprint density at radius 1 is 1.25 bits per heavy atom. The Morgan fingerprint density at radius 3 is 2.78 bits per heavy atom. The average Bonchev–Trinajstić information content (AvgIpc) is 3.56. The van der Waals surface area contributed by atoms with Gasteiger partial charge in [0.25, 0.3) is 5.91 Å². The first-order valence-electron chi connectivity index (χ1n) is 12.0. The van der Waals surface area contributed by atoms with Crippen molar-refractivity contribution in [1.29, 1.82) is 0 Å². The van der Waals surface area contributed by atoms with Gasteiger partial charge in [-0.1, -0.05) is 35.1 Å². The summed E-state index contributed by atoms with van der Waals surface area (Å²) in [6, 6.07) is 5.20. The van der Waals surface area contributed by atoms with Gasteiger partial charge < -0.3 is 14.6 Å². The van der Waals surface area contributed by atoms with Gasteiger partial charge in [-0.3, -0.25) is 14.5 Å². The number of nitrogens with zero attached hydrogens (tertiary/aromatic N) is 5. The van der Waals surface area contributed by atoms with Crippen LogP contribution in [0.5, 0.6) is 5.75 Å². The Labute approximate surface area is 215 Å². The molecule has 0 spiro atoms. The van der Waals surface area contributed by atoms with Crippen molar-refractivity contribution in [2.75, 3.05) is 6.54 Å². The van der Waals surface area contributed by atoms with Gasteiger partial charge in [0.15, 0.2) is 16.5 Å². The van der Waals surface area contributed by atoms with Gasteiger partial charge in [-0.2, -0.15) is 0 Å². The fourth-order valence-electron chi connectivity index (χ4n) is 5.73. The number of pyridine rings is 1. The van der Waals surface area contributed by atoms with Crippen LogP contribution in [-0.2, 0) is 13.0 Å². The Kier molecular flexibility index (Phi) is 5.47. The lowest BCUT2D eigenvalue weighted by atomic mass is 9.93. The highest BCUT2D eigenvalue weighted by atomic mass is 35.5. The molecule has 2 aromatic heterocycles. The van der Waals surface area contributed by atoms with Crippen molar-refractivity contribution in [3.63, 3.8) is 0 Å². The number of hydrogen-bond acceptors (Lipinski definition) is 7. The van der Waals surface area contributed by atoms with Gasteiger partial charge in [-0.25, -0.2) is 4.39 Å². The zero-order valence-electron chi connectivity index (χ0n) is 19.9. The summed E-state index contributed by atoms with van der Waals surface area (Å²) in [5.41, 5.74) is -0.674. The fourth-order valence-corrected chi connectivity index (χ4v) is 6.79. The smallest absolute Gasteiger partial charge is 0.276 e. The van der Waals surface area contributed by atoms with E-state index in [0.717, 1.165) is 37.1 Å². The number of amides is 1. The molecule has 1 saturated heterocycles. The van der Waals surface area contributed by atoms with Crippen molar-refractivity contribution in [1.82, 2.24) is 24.6 Å². The maximum Gasteiger partial charge on any atom is 0.276 e. The number of carbonyl (C=O) groups excluding carboxylic acids is 1. The normalized spacial score (nSPS) is 24.1. The highest BCUT2D eigenvalue weighted by Crippen LogP contribution is 2.43. The van der Waals surface area contributed by atoms with Crippen LogP contribution in [0.15, 0.2) is 29.2 Å². The van der Waals surface area contributed by atoms with Gasteiger partial charge in [0.2, 0.25) is 5.43 Å². The largest absolute Gasteiger partial charge is 0.503 e. The summed E-state index contributed by atoms with van der Waals surface area (Å²) in [4.78, 5) is 31.1. The van der Waals surface area contributed by atoms with Crippen molar-refractivity contribution in [2.45, 2.75) is 63.8 Å². The molecule has 0 radical (unpaired) electrons. The summed E-state index contributed by atoms with van der Waals surface area (Å²) >= 11 is 7.03. The average molecular weight is 530 g/mol. The van der Waals surface area contributed by atoms with Gasteiger partial charge in [0.05, 0.1) is 17.1 Å². The minimum absolute atomic E-state index is 0.00182. The molecule has 0 bridgehead atoms. The summed E-state index contributed by atoms with van der Waals surface area (Å²) in [6.45, 7) is 5.42. The van der Waals surface area contributed by atoms with Crippen LogP contribution in [0.1, 0.15) is 54.2 Å². The number of aromatic hydroxyl groups is 1. The molecule has 3 aromatic rings. The number of benzene rings is 1. The second kappa shape index (κ2) is 8.36. The predicted molar refractivity (Wildman–Crippen MR) is 134 cm³/mol. The van der Waals surface area contributed by atoms with E-state index in [2.05, 4.69) is 22.0 Å². The molecule has 2 atom stereocenters. The first-order chi connectivity index (χ1) is 17.2. The van der Waals surface area contributed by atoms with Crippen LogP contribution in [-0.4, -0.2) is 59.9 Å². The predicted octanol–water partition coefficient (Wildman–Crippen LogP) is 3.88. The number of hydrogen-bond donors (Lipinski definition) is 1. The van der Waals surface area contributed by atoms with Crippen LogP contribution in [0.3, 0.4) is 0 Å². The molecular formula is C25H25ClFN5O3S. The molecule has 1 aromatic carbocycles. The second-order valence-electron chi connectivity index (χ2n) is 10.0. The molecule has 2 fully saturated rings. The van der Waals surface area contributed by atoms with Gasteiger partial charge in [-0.15, -0.1) is 10.2 Å². The molecule has 188 valence electrons. The summed E-state index contributed by atoms with van der Waals surface area (Å²) in [6.07, 6.45) is 4.84. The molecule has 36 heavy (non-hydrogen) atoms. The Hall–Kier alpha value is -2.82. The standard InChI is InChI=1S/C25H25ClFN5O3S/c1-13-8-9-31(15-6-7-15)25(2)12-30-11-16(21(33)22(34)20(30)24(35)32(13)25)23-29-28-18(36-23)10-14-4-3-5-17(26)19(14)27/h3-5,11,13,15,34H,6-10,12H2,1-2H3/t13-,25?/m0/s1. The maximum atomic E-state index is 14.3. The van der Waals surface area contributed by atoms with E-state index in [1.807, 2.05) is 11.8 Å². The van der Waals surface area contributed by atoms with E-state index < -0.39 is 22.7 Å². The van der Waals surface area contributed by atoms with Gasteiger partial charge >= 0.3 is 0 Å². The van der Waals surface area contributed by atoms with Crippen molar-refractivity contribution in [3.05, 3.63) is 61.7 Å². The number of fused-ring (bicyclic) bond motifs is 2. The zero-order chi connectivity index (χ0) is 25.4. The monoisotopic (exact) mass is 529 g/mol. The van der Waals surface area contributed by atoms with E-state index in [0.29, 0.717) is 28.2 Å². The maximum absolute atomic E-state index is 14.3. The minimum atomic E-state index is -0.668. The van der Waals surface area contributed by atoms with Crippen molar-refractivity contribution in [2.24, 2.45) is 0 Å². The summed E-state index contributed by atoms with van der Waals surface area (Å²) in [5.74, 6) is -1.43. The van der Waals surface area contributed by atoms with E-state index in [1.54, 1.807) is 22.9 Å². The van der Waals surface area contributed by atoms with Crippen LogP contribution in [0.2, 0.25) is 5.02 Å². The molecule has 8 nitrogen and oxygen atoms in total. The van der Waals surface area contributed by atoms with E-state index >= 15 is 0 Å². The van der Waals surface area contributed by atoms with Crippen molar-refractivity contribution >= 4 is 28.8 Å². The molecular weight excluding hydrogens is 505 g/mol. The number of halogens is 2. The quantitative estimate of drug-likeness (QED) is 0.551. The molecule has 4 heterocycles. The first-order valence-corrected chi connectivity index (χ1v) is 13.2. The lowest BCUT2D eigenvalue weighted by Crippen LogP contribution is -2.71. The molecule has 1 saturated carbocycles. The minimum Gasteiger partial charge on any atom is -0.503 e. The number of carbonyl (C=O) groups is 1. The fraction of sp³-hybridized carbons (Fsp3) is 0.440. The van der Waals surface area contributed by atoms with Crippen molar-refractivity contribution in [3.8, 4) is 16.3 Å². The zero-order valence-corrected chi connectivity index (χ0v) is 21.4. The Bertz CT molecular complexity index is 1450. The summed E-state index contributed by atoms with van der Waals surface area (Å²) in [7, 11) is 0. The first kappa shape index (κ1) is 23.6. The molecule has 1 aliphatic carbocycles. The molecule has 1 N–H and O–H groups in total. The second-order valence-corrected chi connectivity index (χ2v) is 11.5. The summed E-state index contributed by atoms with van der Waals surface area (Å²) in [5, 5.41) is 20.0. The third-order valence-corrected chi connectivity index (χ3v) is 8.82. The molecule has 3 aliphatic rings. The van der Waals surface area contributed by atoms with Gasteiger partial charge in [0, 0.05) is 31.2 Å². The molecule has 2 aliphatic heterocycles. The van der Waals surface area contributed by atoms with Crippen LogP contribution in [0.4, 0.5) is 4.39 Å². The lowest BCUT2D eigenvalue weighted by molar-refractivity contribution is -0.103. The van der Waals surface area contributed by atoms with E-state index in [9.17, 15) is 19.1 Å². The molecule has 1 unspecified atom stereocenters. The third-order valence-electron chi connectivity index (χ3n) is 7.57. The third kappa shape index (κ3) is 3.57. The van der Waals surface area contributed by atoms with Crippen LogP contribution < -0.4 is 5.43 Å². The SMILES string of the molecule is C[C@H]1CCN(C2CC2)C2(C)Cn3cc(-c4nnc(Cc5cccc(Cl)c5F)s4)c(=O)c(O)c3C(=O)N12. The highest BCUT2D eigenvalue weighted by Gasteiger charge is 2.54. The summed E-state index contributed by atoms with van der Waals surface area (Å²) < 4.78 is 16.0. The number of aromatic nitrogens is 3. The van der Waals surface area contributed by atoms with E-state index in [1.165, 1.54) is 6.07 Å². The van der Waals surface area contributed by atoms with Crippen LogP contribution >= 0.6 is 22.9 Å². The van der Waals surface area contributed by atoms with Crippen LogP contribution in [0.25, 0.3) is 10.6 Å². The molecule has 11 heteroatoms. The Morgan fingerprint density at radius 2 is 2.03 bits per heavy atom. The Balaban J connectivity index is 1.39. The number of rotatable bonds is 4. The van der Waals surface area contributed by atoms with Crippen molar-refractivity contribution < 1.29 is 14.3 Å². The molecule has 1 amide bonds. The molecule has 6 rings (SSSR count). The van der Waals surface area contributed by atoms with Crippen LogP contribution in [0, 0.1) is 5.82 Å². The highest BCUT2D eigenvalue weighted by molar-refractivity contribution is 7.14. The topological polar surface area (TPSA) is 91.6 Å². The lowest BCUT2D eigenvalue weighted by Gasteiger charge is -2.57. The van der Waals surface area contributed by atoms with E-state index in [4.69, 9.17) is 11.6 Å². The van der Waals surface area contributed by atoms with Gasteiger partial charge in [-0.05, 0) is 44.7 Å². The van der Waals surface area contributed by atoms with E-state index in [-0.39, 0.29) is 34.6 Å². The van der Waals surface area contributed by atoms with Gasteiger partial charge in [0.1, 0.15) is 16.5 Å².